The summed E-state index contributed by atoms with van der Waals surface area (Å²) in [5.74, 6) is -0.542. The average molecular weight is 519 g/mol. The summed E-state index contributed by atoms with van der Waals surface area (Å²) in [6.45, 7) is 5.82. The Kier molecular flexibility index (Phi) is 5.91. The van der Waals surface area contributed by atoms with Gasteiger partial charge >= 0.3 is 5.97 Å². The number of nitrogens with zero attached hydrogens (tertiary/aromatic N) is 1. The first-order valence-corrected chi connectivity index (χ1v) is 11.8. The molecule has 4 aromatic rings. The van der Waals surface area contributed by atoms with E-state index >= 15 is 0 Å². The number of rotatable bonds is 3. The maximum Gasteiger partial charge on any atom is 0.379 e. The van der Waals surface area contributed by atoms with Crippen molar-refractivity contribution in [3.63, 3.8) is 0 Å². The van der Waals surface area contributed by atoms with Crippen molar-refractivity contribution in [2.24, 2.45) is 5.73 Å². The number of fused-ring (bicyclic) bond motifs is 2. The minimum absolute atomic E-state index is 0.0524. The van der Waals surface area contributed by atoms with Crippen molar-refractivity contribution in [2.45, 2.75) is 26.7 Å². The predicted molar refractivity (Wildman–Crippen MR) is 138 cm³/mol. The third kappa shape index (κ3) is 3.97. The Morgan fingerprint density at radius 2 is 1.75 bits per heavy atom. The van der Waals surface area contributed by atoms with Gasteiger partial charge in [0, 0.05) is 32.6 Å². The molecule has 8 heteroatoms. The fourth-order valence-electron chi connectivity index (χ4n) is 4.38. The van der Waals surface area contributed by atoms with Crippen LogP contribution in [-0.4, -0.2) is 5.97 Å². The summed E-state index contributed by atoms with van der Waals surface area (Å²) in [7, 11) is 0. The van der Waals surface area contributed by atoms with E-state index < -0.39 is 11.9 Å². The number of aryl methyl sites for hydroxylation is 3. The fraction of sp³-hybridized carbons (Fsp3) is 0.143. The van der Waals surface area contributed by atoms with Crippen LogP contribution in [0.5, 0.6) is 11.5 Å². The van der Waals surface area contributed by atoms with E-state index in [4.69, 9.17) is 42.8 Å². The van der Waals surface area contributed by atoms with Gasteiger partial charge in [-0.25, -0.2) is 4.79 Å². The van der Waals surface area contributed by atoms with Crippen molar-refractivity contribution >= 4 is 40.1 Å². The third-order valence-corrected chi connectivity index (χ3v) is 6.97. The van der Waals surface area contributed by atoms with Crippen molar-refractivity contribution in [2.75, 3.05) is 0 Å². The highest BCUT2D eigenvalue weighted by Crippen LogP contribution is 2.45. The van der Waals surface area contributed by atoms with E-state index in [2.05, 4.69) is 6.07 Å². The van der Waals surface area contributed by atoms with Crippen LogP contribution in [-0.2, 0) is 0 Å². The van der Waals surface area contributed by atoms with Crippen molar-refractivity contribution in [3.05, 3.63) is 104 Å². The Morgan fingerprint density at radius 1 is 1.03 bits per heavy atom. The van der Waals surface area contributed by atoms with Gasteiger partial charge < -0.3 is 19.6 Å². The van der Waals surface area contributed by atoms with Gasteiger partial charge in [-0.05, 0) is 67.8 Å². The predicted octanol–water partition coefficient (Wildman–Crippen LogP) is 7.10. The smallest absolute Gasteiger partial charge is 0.379 e. The Balaban J connectivity index is 1.51. The number of nitrogens with two attached hydrogens (primary N) is 1. The zero-order chi connectivity index (χ0) is 25.7. The van der Waals surface area contributed by atoms with Gasteiger partial charge in [0.05, 0.1) is 5.92 Å². The fourth-order valence-corrected chi connectivity index (χ4v) is 4.90. The monoisotopic (exact) mass is 518 g/mol. The highest BCUT2D eigenvalue weighted by molar-refractivity contribution is 6.35. The molecule has 2 heterocycles. The zero-order valence-electron chi connectivity index (χ0n) is 19.6. The van der Waals surface area contributed by atoms with Crippen molar-refractivity contribution in [3.8, 4) is 17.6 Å². The van der Waals surface area contributed by atoms with E-state index in [0.717, 1.165) is 16.5 Å². The normalized spacial score (nSPS) is 14.8. The van der Waals surface area contributed by atoms with E-state index in [1.54, 1.807) is 36.4 Å². The van der Waals surface area contributed by atoms with E-state index in [-0.39, 0.29) is 23.0 Å². The lowest BCUT2D eigenvalue weighted by Gasteiger charge is -2.27. The molecule has 0 fully saturated rings. The summed E-state index contributed by atoms with van der Waals surface area (Å²) in [6.07, 6.45) is 0. The first-order chi connectivity index (χ1) is 17.2. The van der Waals surface area contributed by atoms with Crippen LogP contribution in [0.2, 0.25) is 10.0 Å². The highest BCUT2D eigenvalue weighted by Gasteiger charge is 2.32. The van der Waals surface area contributed by atoms with Crippen LogP contribution in [0, 0.1) is 32.1 Å². The molecular weight excluding hydrogens is 499 g/mol. The van der Waals surface area contributed by atoms with Crippen LogP contribution in [0.15, 0.2) is 64.4 Å². The number of nitriles is 1. The molecule has 180 valence electrons. The summed E-state index contributed by atoms with van der Waals surface area (Å²) in [5, 5.41) is 11.5. The number of esters is 1. The second kappa shape index (κ2) is 8.94. The molecule has 0 spiro atoms. The van der Waals surface area contributed by atoms with Crippen LogP contribution in [0.1, 0.15) is 44.3 Å². The topological polar surface area (TPSA) is 98.5 Å². The lowest BCUT2D eigenvalue weighted by molar-refractivity contribution is 0.0702. The molecule has 1 aliphatic heterocycles. The number of allylic oxidation sites excluding steroid dienone is 1. The van der Waals surface area contributed by atoms with Crippen molar-refractivity contribution in [1.82, 2.24) is 0 Å². The number of ether oxygens (including phenoxy) is 2. The standard InChI is InChI=1S/C28H20Cl2N2O4/c1-13-8-20-15(3)26(35-23(20)9-14(13)2)28(33)34-17-5-7-19-24(11-17)36-27(32)21(12-31)25(19)18-6-4-16(29)10-22(18)30/h4-11,25H,32H2,1-3H3. The number of hydrogen-bond donors (Lipinski definition) is 1. The van der Waals surface area contributed by atoms with Gasteiger partial charge in [-0.3, -0.25) is 0 Å². The largest absolute Gasteiger partial charge is 0.449 e. The third-order valence-electron chi connectivity index (χ3n) is 6.41. The van der Waals surface area contributed by atoms with Gasteiger partial charge in [0.2, 0.25) is 11.6 Å². The molecule has 6 nitrogen and oxygen atoms in total. The van der Waals surface area contributed by atoms with Crippen LogP contribution >= 0.6 is 23.2 Å². The van der Waals surface area contributed by atoms with Crippen molar-refractivity contribution < 1.29 is 18.7 Å². The zero-order valence-corrected chi connectivity index (χ0v) is 21.1. The molecular formula is C28H20Cl2N2O4. The lowest BCUT2D eigenvalue weighted by Crippen LogP contribution is -2.21. The second-order valence-electron chi connectivity index (χ2n) is 8.67. The van der Waals surface area contributed by atoms with Gasteiger partial charge in [-0.15, -0.1) is 0 Å². The minimum atomic E-state index is -0.631. The SMILES string of the molecule is Cc1cc2oc(C(=O)Oc3ccc4c(c3)OC(N)=C(C#N)C4c3ccc(Cl)cc3Cl)c(C)c2cc1C. The van der Waals surface area contributed by atoms with Gasteiger partial charge in [-0.1, -0.05) is 35.3 Å². The number of halogens is 2. The molecule has 0 bridgehead atoms. The summed E-state index contributed by atoms with van der Waals surface area (Å²) in [4.78, 5) is 13.0. The second-order valence-corrected chi connectivity index (χ2v) is 9.51. The molecule has 0 radical (unpaired) electrons. The highest BCUT2D eigenvalue weighted by atomic mass is 35.5. The minimum Gasteiger partial charge on any atom is -0.449 e. The molecule has 1 unspecified atom stereocenters. The number of benzene rings is 3. The van der Waals surface area contributed by atoms with Crippen LogP contribution in [0.25, 0.3) is 11.0 Å². The van der Waals surface area contributed by atoms with Gasteiger partial charge in [0.15, 0.2) is 0 Å². The molecule has 1 aliphatic rings. The summed E-state index contributed by atoms with van der Waals surface area (Å²) in [6, 6.07) is 16.0. The molecule has 36 heavy (non-hydrogen) atoms. The molecule has 0 aliphatic carbocycles. The Hall–Kier alpha value is -3.92. The van der Waals surface area contributed by atoms with E-state index in [1.807, 2.05) is 32.9 Å². The van der Waals surface area contributed by atoms with Gasteiger partial charge in [-0.2, -0.15) is 5.26 Å². The molecule has 0 amide bonds. The van der Waals surface area contributed by atoms with E-state index in [9.17, 15) is 10.1 Å². The van der Waals surface area contributed by atoms with E-state index in [0.29, 0.717) is 38.1 Å². The number of carbonyl (C=O) groups excluding carboxylic acids is 1. The molecule has 0 saturated carbocycles. The van der Waals surface area contributed by atoms with E-state index in [1.165, 1.54) is 0 Å². The summed E-state index contributed by atoms with van der Waals surface area (Å²) in [5.41, 5.74) is 11.1. The van der Waals surface area contributed by atoms with Crippen molar-refractivity contribution in [1.29, 1.82) is 5.26 Å². The molecule has 1 atom stereocenters. The summed E-state index contributed by atoms with van der Waals surface area (Å²) < 4.78 is 17.2. The average Bonchev–Trinajstić information content (AvgIpc) is 3.14. The first-order valence-electron chi connectivity index (χ1n) is 11.1. The molecule has 2 N–H and O–H groups in total. The molecule has 5 rings (SSSR count). The molecule has 1 aromatic heterocycles. The van der Waals surface area contributed by atoms with Gasteiger partial charge in [0.1, 0.15) is 28.7 Å². The molecule has 3 aromatic carbocycles. The number of furan rings is 1. The van der Waals surface area contributed by atoms with Crippen LogP contribution in [0.4, 0.5) is 0 Å². The van der Waals surface area contributed by atoms with Crippen LogP contribution in [0.3, 0.4) is 0 Å². The first kappa shape index (κ1) is 23.8. The van der Waals surface area contributed by atoms with Crippen LogP contribution < -0.4 is 15.2 Å². The lowest BCUT2D eigenvalue weighted by atomic mass is 9.83. The molecule has 0 saturated heterocycles. The number of hydrogen-bond acceptors (Lipinski definition) is 6. The Bertz CT molecular complexity index is 1650. The quantitative estimate of drug-likeness (QED) is 0.229. The maximum absolute atomic E-state index is 13.0. The van der Waals surface area contributed by atoms with Gasteiger partial charge in [0.25, 0.3) is 0 Å². The Labute approximate surface area is 217 Å². The number of carbonyl (C=O) groups is 1. The Morgan fingerprint density at radius 3 is 2.47 bits per heavy atom. The summed E-state index contributed by atoms with van der Waals surface area (Å²) >= 11 is 12.5. The maximum atomic E-state index is 13.0.